The van der Waals surface area contributed by atoms with Crippen LogP contribution in [-0.2, 0) is 0 Å². The van der Waals surface area contributed by atoms with Gasteiger partial charge in [-0.1, -0.05) is 0 Å². The molecule has 1 aliphatic heterocycles. The smallest absolute Gasteiger partial charge is 0.274 e. The minimum absolute atomic E-state index is 0.00412. The molecule has 4 rings (SSSR count). The zero-order valence-corrected chi connectivity index (χ0v) is 16.5. The molecule has 1 amide bonds. The molecule has 3 N–H and O–H groups in total. The lowest BCUT2D eigenvalue weighted by atomic mass is 10.1. The van der Waals surface area contributed by atoms with Gasteiger partial charge >= 0.3 is 0 Å². The van der Waals surface area contributed by atoms with E-state index in [1.165, 1.54) is 17.4 Å². The van der Waals surface area contributed by atoms with Gasteiger partial charge in [-0.3, -0.25) is 9.78 Å². The predicted octanol–water partition coefficient (Wildman–Crippen LogP) is 2.88. The van der Waals surface area contributed by atoms with E-state index in [2.05, 4.69) is 20.3 Å². The maximum Gasteiger partial charge on any atom is 0.274 e. The van der Waals surface area contributed by atoms with E-state index in [1.54, 1.807) is 11.1 Å². The van der Waals surface area contributed by atoms with Crippen LogP contribution >= 0.6 is 11.3 Å². The number of hydrogen-bond acceptors (Lipinski definition) is 7. The van der Waals surface area contributed by atoms with Crippen LogP contribution in [0.5, 0.6) is 0 Å². The van der Waals surface area contributed by atoms with Crippen molar-refractivity contribution in [3.63, 3.8) is 0 Å². The van der Waals surface area contributed by atoms with Gasteiger partial charge in [-0.2, -0.15) is 0 Å². The third-order valence-corrected chi connectivity index (χ3v) is 5.83. The number of likely N-dealkylation sites (tertiary alicyclic amines) is 1. The van der Waals surface area contributed by atoms with E-state index in [1.807, 2.05) is 19.9 Å². The summed E-state index contributed by atoms with van der Waals surface area (Å²) in [7, 11) is 0. The molecule has 1 fully saturated rings. The first-order valence-corrected chi connectivity index (χ1v) is 9.92. The Morgan fingerprint density at radius 1 is 1.39 bits per heavy atom. The molecule has 0 saturated carbocycles. The molecule has 3 aromatic rings. The number of amides is 1. The summed E-state index contributed by atoms with van der Waals surface area (Å²) in [5.74, 6) is -0.212. The fraction of sp³-hybridized carbons (Fsp3) is 0.368. The molecule has 4 heterocycles. The maximum absolute atomic E-state index is 13.5. The summed E-state index contributed by atoms with van der Waals surface area (Å²) in [6.07, 6.45) is 3.54. The third kappa shape index (κ3) is 3.67. The van der Waals surface area contributed by atoms with Crippen LogP contribution in [0, 0.1) is 12.7 Å². The van der Waals surface area contributed by atoms with Crippen LogP contribution in [0.2, 0.25) is 0 Å². The number of rotatable bonds is 4. The second-order valence-corrected chi connectivity index (χ2v) is 8.33. The van der Waals surface area contributed by atoms with Gasteiger partial charge in [0.15, 0.2) is 5.69 Å². The first kappa shape index (κ1) is 18.7. The van der Waals surface area contributed by atoms with Gasteiger partial charge in [-0.25, -0.2) is 14.4 Å². The predicted molar refractivity (Wildman–Crippen MR) is 107 cm³/mol. The fourth-order valence-corrected chi connectivity index (χ4v) is 4.25. The van der Waals surface area contributed by atoms with Crippen LogP contribution in [0.3, 0.4) is 0 Å². The number of anilines is 1. The van der Waals surface area contributed by atoms with Crippen molar-refractivity contribution in [2.75, 3.05) is 18.4 Å². The van der Waals surface area contributed by atoms with Crippen molar-refractivity contribution in [1.29, 1.82) is 0 Å². The zero-order valence-electron chi connectivity index (χ0n) is 15.6. The first-order chi connectivity index (χ1) is 13.4. The Labute approximate surface area is 165 Å². The summed E-state index contributed by atoms with van der Waals surface area (Å²) in [6, 6.07) is 3.08. The topological polar surface area (TPSA) is 97.0 Å². The average Bonchev–Trinajstić information content (AvgIpc) is 3.25. The number of nitrogens with one attached hydrogen (secondary N) is 1. The Morgan fingerprint density at radius 3 is 2.93 bits per heavy atom. The van der Waals surface area contributed by atoms with Gasteiger partial charge in [0, 0.05) is 30.2 Å². The first-order valence-electron chi connectivity index (χ1n) is 9.10. The monoisotopic (exact) mass is 400 g/mol. The van der Waals surface area contributed by atoms with Crippen molar-refractivity contribution in [3.8, 4) is 0 Å². The van der Waals surface area contributed by atoms with Gasteiger partial charge in [0.25, 0.3) is 5.91 Å². The molecule has 28 heavy (non-hydrogen) atoms. The lowest BCUT2D eigenvalue weighted by Crippen LogP contribution is -2.32. The molecule has 146 valence electrons. The quantitative estimate of drug-likeness (QED) is 0.699. The number of hydrogen-bond donors (Lipinski definition) is 2. The summed E-state index contributed by atoms with van der Waals surface area (Å²) in [5.41, 5.74) is 7.73. The van der Waals surface area contributed by atoms with E-state index < -0.39 is 5.82 Å². The highest BCUT2D eigenvalue weighted by molar-refractivity contribution is 7.19. The van der Waals surface area contributed by atoms with Crippen molar-refractivity contribution in [1.82, 2.24) is 19.9 Å². The van der Waals surface area contributed by atoms with E-state index >= 15 is 0 Å². The molecular weight excluding hydrogens is 379 g/mol. The molecule has 1 aliphatic rings. The number of carbonyl (C=O) groups is 1. The van der Waals surface area contributed by atoms with Gasteiger partial charge in [0.2, 0.25) is 5.95 Å². The summed E-state index contributed by atoms with van der Waals surface area (Å²) in [6.45, 7) is 5.00. The summed E-state index contributed by atoms with van der Waals surface area (Å²) < 4.78 is 14.2. The van der Waals surface area contributed by atoms with Crippen LogP contribution in [0.25, 0.3) is 10.2 Å². The highest BCUT2D eigenvalue weighted by Crippen LogP contribution is 2.29. The largest absolute Gasteiger partial charge is 0.348 e. The number of nitrogens with two attached hydrogens (primary N) is 1. The summed E-state index contributed by atoms with van der Waals surface area (Å²) in [5, 5.41) is 3.16. The second-order valence-electron chi connectivity index (χ2n) is 7.07. The number of thiophene rings is 1. The number of aromatic nitrogens is 3. The van der Waals surface area contributed by atoms with E-state index in [0.29, 0.717) is 30.3 Å². The lowest BCUT2D eigenvalue weighted by Gasteiger charge is -2.18. The molecule has 2 unspecified atom stereocenters. The van der Waals surface area contributed by atoms with Gasteiger partial charge in [0.1, 0.15) is 5.82 Å². The normalized spacial score (nSPS) is 17.9. The number of aryl methyl sites for hydroxylation is 1. The van der Waals surface area contributed by atoms with Gasteiger partial charge in [-0.05, 0) is 38.0 Å². The number of nitrogens with zero attached hydrogens (tertiary/aromatic N) is 4. The van der Waals surface area contributed by atoms with Gasteiger partial charge in [0.05, 0.1) is 22.5 Å². The molecular formula is C19H21FN6OS. The van der Waals surface area contributed by atoms with Crippen molar-refractivity contribution >= 4 is 33.4 Å². The third-order valence-electron chi connectivity index (χ3n) is 4.78. The van der Waals surface area contributed by atoms with Crippen LogP contribution in [0.15, 0.2) is 24.5 Å². The Balaban J connectivity index is 1.68. The van der Waals surface area contributed by atoms with Crippen LogP contribution < -0.4 is 11.1 Å². The molecule has 0 spiro atoms. The molecule has 9 heteroatoms. The number of carbonyl (C=O) groups excluding carboxylic acids is 1. The molecule has 2 atom stereocenters. The van der Waals surface area contributed by atoms with Crippen LogP contribution in [-0.4, -0.2) is 44.9 Å². The minimum atomic E-state index is -0.405. The number of pyridine rings is 1. The van der Waals surface area contributed by atoms with E-state index in [9.17, 15) is 9.18 Å². The Kier molecular flexibility index (Phi) is 4.94. The highest BCUT2D eigenvalue weighted by atomic mass is 32.1. The van der Waals surface area contributed by atoms with E-state index in [4.69, 9.17) is 5.73 Å². The molecule has 0 radical (unpaired) electrons. The lowest BCUT2D eigenvalue weighted by molar-refractivity contribution is 0.0787. The molecule has 7 nitrogen and oxygen atoms in total. The molecule has 1 saturated heterocycles. The van der Waals surface area contributed by atoms with Crippen molar-refractivity contribution in [3.05, 3.63) is 46.5 Å². The highest BCUT2D eigenvalue weighted by Gasteiger charge is 2.28. The minimum Gasteiger partial charge on any atom is -0.348 e. The van der Waals surface area contributed by atoms with Crippen molar-refractivity contribution in [2.24, 2.45) is 5.73 Å². The summed E-state index contributed by atoms with van der Waals surface area (Å²) in [4.78, 5) is 28.8. The van der Waals surface area contributed by atoms with E-state index in [0.717, 1.165) is 27.7 Å². The number of halogens is 1. The Hall–Kier alpha value is -2.65. The average molecular weight is 400 g/mol. The molecule has 0 bridgehead atoms. The molecule has 0 aliphatic carbocycles. The molecule has 3 aromatic heterocycles. The second kappa shape index (κ2) is 7.40. The Morgan fingerprint density at radius 2 is 2.21 bits per heavy atom. The van der Waals surface area contributed by atoms with Crippen molar-refractivity contribution in [2.45, 2.75) is 32.4 Å². The maximum atomic E-state index is 13.5. The Bertz CT molecular complexity index is 1040. The standard InChI is InChI=1S/C19H21FN6OS/c1-10-5-15-17(28-10)16(18(27)26-4-3-14(21)9-26)25-19(24-15)23-11(2)12-6-13(20)8-22-7-12/h5-8,11,14H,3-4,9,21H2,1-2H3,(H,23,24,25). The molecule has 0 aromatic carbocycles. The van der Waals surface area contributed by atoms with Crippen LogP contribution in [0.1, 0.15) is 40.3 Å². The summed E-state index contributed by atoms with van der Waals surface area (Å²) >= 11 is 1.50. The number of fused-ring (bicyclic) bond motifs is 1. The van der Waals surface area contributed by atoms with Gasteiger partial charge in [-0.15, -0.1) is 11.3 Å². The van der Waals surface area contributed by atoms with Crippen molar-refractivity contribution < 1.29 is 9.18 Å². The zero-order chi connectivity index (χ0) is 19.8. The van der Waals surface area contributed by atoms with E-state index in [-0.39, 0.29) is 18.0 Å². The van der Waals surface area contributed by atoms with Gasteiger partial charge < -0.3 is 16.0 Å². The SMILES string of the molecule is Cc1cc2nc(NC(C)c3cncc(F)c3)nc(C(=O)N3CCC(N)C3)c2s1. The fourth-order valence-electron chi connectivity index (χ4n) is 3.32. The van der Waals surface area contributed by atoms with Crippen LogP contribution in [0.4, 0.5) is 10.3 Å².